The van der Waals surface area contributed by atoms with Crippen LogP contribution in [0.1, 0.15) is 15.9 Å². The Bertz CT molecular complexity index is 579. The van der Waals surface area contributed by atoms with Gasteiger partial charge in [-0.2, -0.15) is 0 Å². The lowest BCUT2D eigenvalue weighted by atomic mass is 10.0. The normalized spacial score (nSPS) is 10.3. The molecule has 0 heterocycles. The van der Waals surface area contributed by atoms with Crippen LogP contribution in [0, 0.1) is 0 Å². The molecule has 0 aromatic heterocycles. The summed E-state index contributed by atoms with van der Waals surface area (Å²) in [6.07, 6.45) is 0.250. The van der Waals surface area contributed by atoms with Crippen molar-refractivity contribution in [2.24, 2.45) is 0 Å². The highest BCUT2D eigenvalue weighted by molar-refractivity contribution is 6.35. The molecule has 0 aliphatic heterocycles. The van der Waals surface area contributed by atoms with Crippen LogP contribution < -0.4 is 5.73 Å². The Morgan fingerprint density at radius 2 is 1.72 bits per heavy atom. The smallest absolute Gasteiger partial charge is 0.167 e. The minimum Gasteiger partial charge on any atom is -0.399 e. The van der Waals surface area contributed by atoms with E-state index in [4.69, 9.17) is 28.9 Å². The first-order valence-corrected chi connectivity index (χ1v) is 6.14. The van der Waals surface area contributed by atoms with Gasteiger partial charge in [-0.15, -0.1) is 0 Å². The van der Waals surface area contributed by atoms with Crippen molar-refractivity contribution in [3.8, 4) is 0 Å². The van der Waals surface area contributed by atoms with E-state index in [1.54, 1.807) is 42.5 Å². The number of nitrogens with two attached hydrogens (primary N) is 1. The fourth-order valence-electron chi connectivity index (χ4n) is 1.61. The van der Waals surface area contributed by atoms with Crippen LogP contribution in [0.25, 0.3) is 0 Å². The van der Waals surface area contributed by atoms with Crippen LogP contribution >= 0.6 is 23.2 Å². The van der Waals surface area contributed by atoms with Gasteiger partial charge < -0.3 is 5.73 Å². The topological polar surface area (TPSA) is 43.1 Å². The highest BCUT2D eigenvalue weighted by atomic mass is 35.5. The van der Waals surface area contributed by atoms with Crippen molar-refractivity contribution in [2.45, 2.75) is 6.42 Å². The fraction of sp³-hybridized carbons (Fsp3) is 0.0714. The van der Waals surface area contributed by atoms with Crippen LogP contribution in [0.2, 0.25) is 10.0 Å². The van der Waals surface area contributed by atoms with Gasteiger partial charge in [0.05, 0.1) is 0 Å². The van der Waals surface area contributed by atoms with Gasteiger partial charge >= 0.3 is 0 Å². The van der Waals surface area contributed by atoms with E-state index in [0.717, 1.165) is 5.56 Å². The standard InChI is InChI=1S/C14H11Cl2NO/c15-11-4-1-10(13(16)8-11)7-14(18)9-2-5-12(17)6-3-9/h1-6,8H,7,17H2. The van der Waals surface area contributed by atoms with Gasteiger partial charge in [-0.05, 0) is 42.0 Å². The number of carbonyl (C=O) groups is 1. The van der Waals surface area contributed by atoms with E-state index in [9.17, 15) is 4.79 Å². The second-order valence-corrected chi connectivity index (χ2v) is 4.80. The Morgan fingerprint density at radius 1 is 1.06 bits per heavy atom. The van der Waals surface area contributed by atoms with Gasteiger partial charge in [0.1, 0.15) is 0 Å². The molecule has 0 aliphatic rings. The molecule has 0 radical (unpaired) electrons. The van der Waals surface area contributed by atoms with Crippen LogP contribution in [0.5, 0.6) is 0 Å². The summed E-state index contributed by atoms with van der Waals surface area (Å²) in [5.41, 5.74) is 7.60. The molecule has 0 bridgehead atoms. The number of ketones is 1. The molecular formula is C14H11Cl2NO. The Hall–Kier alpha value is -1.51. The summed E-state index contributed by atoms with van der Waals surface area (Å²) in [6.45, 7) is 0. The number of rotatable bonds is 3. The Kier molecular flexibility index (Phi) is 3.90. The number of benzene rings is 2. The minimum absolute atomic E-state index is 0.000720. The van der Waals surface area contributed by atoms with Gasteiger partial charge in [0.25, 0.3) is 0 Å². The van der Waals surface area contributed by atoms with Gasteiger partial charge in [0.15, 0.2) is 5.78 Å². The maximum atomic E-state index is 12.0. The molecule has 0 aliphatic carbocycles. The molecule has 0 spiro atoms. The van der Waals surface area contributed by atoms with Crippen molar-refractivity contribution in [3.63, 3.8) is 0 Å². The largest absolute Gasteiger partial charge is 0.399 e. The molecule has 0 saturated carbocycles. The Balaban J connectivity index is 2.18. The lowest BCUT2D eigenvalue weighted by Crippen LogP contribution is -2.04. The molecule has 92 valence electrons. The van der Waals surface area contributed by atoms with E-state index < -0.39 is 0 Å². The molecule has 4 heteroatoms. The average Bonchev–Trinajstić information content (AvgIpc) is 2.33. The van der Waals surface area contributed by atoms with E-state index >= 15 is 0 Å². The van der Waals surface area contributed by atoms with Gasteiger partial charge in [0.2, 0.25) is 0 Å². The molecular weight excluding hydrogens is 269 g/mol. The van der Waals surface area contributed by atoms with E-state index in [0.29, 0.717) is 21.3 Å². The first-order valence-electron chi connectivity index (χ1n) is 5.39. The van der Waals surface area contributed by atoms with E-state index in [2.05, 4.69) is 0 Å². The number of anilines is 1. The molecule has 0 unspecified atom stereocenters. The molecule has 2 aromatic carbocycles. The van der Waals surface area contributed by atoms with Crippen LogP contribution in [0.3, 0.4) is 0 Å². The molecule has 0 fully saturated rings. The second kappa shape index (κ2) is 5.42. The number of Topliss-reactive ketones (excluding diaryl/α,β-unsaturated/α-hetero) is 1. The predicted molar refractivity (Wildman–Crippen MR) is 75.4 cm³/mol. The number of hydrogen-bond donors (Lipinski definition) is 1. The fourth-order valence-corrected chi connectivity index (χ4v) is 2.08. The summed E-state index contributed by atoms with van der Waals surface area (Å²) in [4.78, 5) is 12.0. The van der Waals surface area contributed by atoms with Crippen molar-refractivity contribution in [1.29, 1.82) is 0 Å². The summed E-state index contributed by atoms with van der Waals surface area (Å²) < 4.78 is 0. The van der Waals surface area contributed by atoms with Gasteiger partial charge in [-0.1, -0.05) is 29.3 Å². The van der Waals surface area contributed by atoms with Crippen molar-refractivity contribution in [1.82, 2.24) is 0 Å². The first-order chi connectivity index (χ1) is 8.56. The lowest BCUT2D eigenvalue weighted by Gasteiger charge is -2.05. The molecule has 2 aromatic rings. The minimum atomic E-state index is -0.000720. The molecule has 18 heavy (non-hydrogen) atoms. The van der Waals surface area contributed by atoms with Crippen molar-refractivity contribution in [2.75, 3.05) is 5.73 Å². The van der Waals surface area contributed by atoms with E-state index in [1.807, 2.05) is 0 Å². The zero-order valence-electron chi connectivity index (χ0n) is 9.49. The quantitative estimate of drug-likeness (QED) is 0.682. The van der Waals surface area contributed by atoms with Gasteiger partial charge in [0, 0.05) is 27.7 Å². The maximum absolute atomic E-state index is 12.0. The summed E-state index contributed by atoms with van der Waals surface area (Å²) >= 11 is 11.8. The summed E-state index contributed by atoms with van der Waals surface area (Å²) in [5, 5.41) is 1.06. The van der Waals surface area contributed by atoms with Crippen LogP contribution in [0.15, 0.2) is 42.5 Å². The molecule has 2 rings (SSSR count). The summed E-state index contributed by atoms with van der Waals surface area (Å²) in [6, 6.07) is 11.9. The zero-order chi connectivity index (χ0) is 13.1. The number of hydrogen-bond acceptors (Lipinski definition) is 2. The van der Waals surface area contributed by atoms with Crippen molar-refractivity contribution >= 4 is 34.7 Å². The second-order valence-electron chi connectivity index (χ2n) is 3.96. The summed E-state index contributed by atoms with van der Waals surface area (Å²) in [7, 11) is 0. The monoisotopic (exact) mass is 279 g/mol. The zero-order valence-corrected chi connectivity index (χ0v) is 11.0. The first kappa shape index (κ1) is 12.9. The Labute approximate surface area is 115 Å². The lowest BCUT2D eigenvalue weighted by molar-refractivity contribution is 0.0993. The molecule has 0 saturated heterocycles. The van der Waals surface area contributed by atoms with Gasteiger partial charge in [-0.25, -0.2) is 0 Å². The van der Waals surface area contributed by atoms with Crippen LogP contribution in [-0.2, 0) is 6.42 Å². The number of carbonyl (C=O) groups excluding carboxylic acids is 1. The van der Waals surface area contributed by atoms with E-state index in [1.165, 1.54) is 0 Å². The number of halogens is 2. The highest BCUT2D eigenvalue weighted by Crippen LogP contribution is 2.22. The van der Waals surface area contributed by atoms with Crippen LogP contribution in [-0.4, -0.2) is 5.78 Å². The van der Waals surface area contributed by atoms with Crippen molar-refractivity contribution in [3.05, 3.63) is 63.6 Å². The molecule has 2 N–H and O–H groups in total. The molecule has 0 amide bonds. The molecule has 2 nitrogen and oxygen atoms in total. The third-order valence-electron chi connectivity index (χ3n) is 2.60. The van der Waals surface area contributed by atoms with Crippen molar-refractivity contribution < 1.29 is 4.79 Å². The Morgan fingerprint density at radius 3 is 2.33 bits per heavy atom. The third kappa shape index (κ3) is 3.03. The average molecular weight is 280 g/mol. The van der Waals surface area contributed by atoms with E-state index in [-0.39, 0.29) is 12.2 Å². The van der Waals surface area contributed by atoms with Crippen LogP contribution in [0.4, 0.5) is 5.69 Å². The SMILES string of the molecule is Nc1ccc(C(=O)Cc2ccc(Cl)cc2Cl)cc1. The third-order valence-corrected chi connectivity index (χ3v) is 3.19. The van der Waals surface area contributed by atoms with Gasteiger partial charge in [-0.3, -0.25) is 4.79 Å². The maximum Gasteiger partial charge on any atom is 0.167 e. The predicted octanol–water partition coefficient (Wildman–Crippen LogP) is 4.00. The summed E-state index contributed by atoms with van der Waals surface area (Å²) in [5.74, 6) is -0.000720. The number of nitrogen functional groups attached to an aromatic ring is 1. The highest BCUT2D eigenvalue weighted by Gasteiger charge is 2.09. The molecule has 0 atom stereocenters.